The summed E-state index contributed by atoms with van der Waals surface area (Å²) in [5.41, 5.74) is 2.06. The van der Waals surface area contributed by atoms with Gasteiger partial charge in [0.1, 0.15) is 0 Å². The Morgan fingerprint density at radius 1 is 0.833 bits per heavy atom. The molecule has 2 aromatic carbocycles. The predicted octanol–water partition coefficient (Wildman–Crippen LogP) is 2.34. The summed E-state index contributed by atoms with van der Waals surface area (Å²) in [4.78, 5) is 28.6. The topological polar surface area (TPSA) is 82.5 Å². The quantitative estimate of drug-likeness (QED) is 0.684. The Balaban J connectivity index is 1.22. The van der Waals surface area contributed by atoms with Crippen molar-refractivity contribution in [1.82, 2.24) is 20.0 Å². The molecule has 1 fully saturated rings. The van der Waals surface area contributed by atoms with E-state index in [1.807, 2.05) is 48.5 Å². The van der Waals surface area contributed by atoms with Gasteiger partial charge in [-0.05, 0) is 24.3 Å². The number of hydrogen-bond donors (Lipinski definition) is 2. The van der Waals surface area contributed by atoms with Gasteiger partial charge in [0, 0.05) is 44.1 Å². The molecule has 0 radical (unpaired) electrons. The number of para-hydroxylation sites is 2. The number of anilines is 2. The van der Waals surface area contributed by atoms with Gasteiger partial charge in [0.15, 0.2) is 5.82 Å². The predicted molar refractivity (Wildman–Crippen MR) is 116 cm³/mol. The Bertz CT molecular complexity index is 981. The molecule has 2 N–H and O–H groups in total. The van der Waals surface area contributed by atoms with Gasteiger partial charge in [0.2, 0.25) is 5.91 Å². The van der Waals surface area contributed by atoms with Crippen LogP contribution in [0, 0.1) is 0 Å². The fourth-order valence-electron chi connectivity index (χ4n) is 3.40. The van der Waals surface area contributed by atoms with E-state index in [0.29, 0.717) is 18.9 Å². The summed E-state index contributed by atoms with van der Waals surface area (Å²) < 4.78 is 1.67. The number of carbonyl (C=O) groups excluding carboxylic acids is 2. The zero-order valence-corrected chi connectivity index (χ0v) is 16.6. The molecule has 1 aliphatic heterocycles. The molecule has 4 rings (SSSR count). The van der Waals surface area contributed by atoms with Crippen LogP contribution in [-0.4, -0.2) is 59.3 Å². The summed E-state index contributed by atoms with van der Waals surface area (Å²) >= 11 is 0. The summed E-state index contributed by atoms with van der Waals surface area (Å²) in [5, 5.41) is 9.59. The lowest BCUT2D eigenvalue weighted by Crippen LogP contribution is -2.51. The maximum absolute atomic E-state index is 12.4. The Morgan fingerprint density at radius 2 is 1.47 bits per heavy atom. The van der Waals surface area contributed by atoms with E-state index in [2.05, 4.69) is 32.8 Å². The van der Waals surface area contributed by atoms with Gasteiger partial charge in [-0.25, -0.2) is 9.48 Å². The lowest BCUT2D eigenvalue weighted by atomic mass is 10.2. The number of carbonyl (C=O) groups is 2. The Morgan fingerprint density at radius 3 is 2.13 bits per heavy atom. The summed E-state index contributed by atoms with van der Waals surface area (Å²) in [6, 6.07) is 21.0. The van der Waals surface area contributed by atoms with E-state index in [4.69, 9.17) is 0 Å². The van der Waals surface area contributed by atoms with E-state index >= 15 is 0 Å². The molecule has 3 amide bonds. The smallest absolute Gasteiger partial charge is 0.320 e. The van der Waals surface area contributed by atoms with Gasteiger partial charge in [0.05, 0.1) is 12.2 Å². The SMILES string of the molecule is O=C(NCC(=O)N1CCN(c2ccccc2)CC1)Nc1ccn(-c2ccccc2)n1. The van der Waals surface area contributed by atoms with Gasteiger partial charge in [-0.1, -0.05) is 36.4 Å². The molecule has 0 unspecified atom stereocenters. The monoisotopic (exact) mass is 404 g/mol. The number of hydrogen-bond acceptors (Lipinski definition) is 4. The molecule has 0 spiro atoms. The van der Waals surface area contributed by atoms with Crippen molar-refractivity contribution in [2.75, 3.05) is 42.9 Å². The lowest BCUT2D eigenvalue weighted by Gasteiger charge is -2.36. The first-order chi connectivity index (χ1) is 14.7. The molecule has 0 bridgehead atoms. The van der Waals surface area contributed by atoms with Gasteiger partial charge in [-0.15, -0.1) is 5.10 Å². The number of piperazine rings is 1. The van der Waals surface area contributed by atoms with Crippen molar-refractivity contribution in [2.45, 2.75) is 0 Å². The average molecular weight is 404 g/mol. The van der Waals surface area contributed by atoms with Crippen molar-refractivity contribution in [3.05, 3.63) is 72.9 Å². The highest BCUT2D eigenvalue weighted by molar-refractivity contribution is 5.91. The highest BCUT2D eigenvalue weighted by atomic mass is 16.2. The molecule has 0 atom stereocenters. The van der Waals surface area contributed by atoms with E-state index in [-0.39, 0.29) is 12.5 Å². The molecular formula is C22H24N6O2. The molecule has 3 aromatic rings. The van der Waals surface area contributed by atoms with Crippen LogP contribution in [0.3, 0.4) is 0 Å². The van der Waals surface area contributed by atoms with E-state index in [9.17, 15) is 9.59 Å². The van der Waals surface area contributed by atoms with Crippen LogP contribution >= 0.6 is 0 Å². The van der Waals surface area contributed by atoms with E-state index < -0.39 is 6.03 Å². The first-order valence-corrected chi connectivity index (χ1v) is 9.93. The van der Waals surface area contributed by atoms with Crippen LogP contribution in [-0.2, 0) is 4.79 Å². The highest BCUT2D eigenvalue weighted by Crippen LogP contribution is 2.15. The summed E-state index contributed by atoms with van der Waals surface area (Å²) in [6.07, 6.45) is 1.77. The minimum Gasteiger partial charge on any atom is -0.368 e. The highest BCUT2D eigenvalue weighted by Gasteiger charge is 2.21. The molecule has 0 saturated carbocycles. The van der Waals surface area contributed by atoms with Crippen LogP contribution in [0.2, 0.25) is 0 Å². The van der Waals surface area contributed by atoms with Gasteiger partial charge >= 0.3 is 6.03 Å². The average Bonchev–Trinajstić information content (AvgIpc) is 3.27. The largest absolute Gasteiger partial charge is 0.368 e. The Labute approximate surface area is 175 Å². The zero-order chi connectivity index (χ0) is 20.8. The van der Waals surface area contributed by atoms with Crippen molar-refractivity contribution < 1.29 is 9.59 Å². The second-order valence-corrected chi connectivity index (χ2v) is 6.99. The molecule has 1 aliphatic rings. The fourth-order valence-corrected chi connectivity index (χ4v) is 3.40. The third kappa shape index (κ3) is 4.78. The number of amides is 3. The molecule has 8 nitrogen and oxygen atoms in total. The van der Waals surface area contributed by atoms with Crippen molar-refractivity contribution in [2.24, 2.45) is 0 Å². The molecule has 0 aliphatic carbocycles. The number of aromatic nitrogens is 2. The molecule has 154 valence electrons. The fraction of sp³-hybridized carbons (Fsp3) is 0.227. The number of rotatable bonds is 5. The van der Waals surface area contributed by atoms with Gasteiger partial charge in [0.25, 0.3) is 0 Å². The van der Waals surface area contributed by atoms with E-state index in [0.717, 1.165) is 24.5 Å². The summed E-state index contributed by atoms with van der Waals surface area (Å²) in [5.74, 6) is 0.327. The molecule has 1 aromatic heterocycles. The van der Waals surface area contributed by atoms with Crippen molar-refractivity contribution >= 4 is 23.4 Å². The summed E-state index contributed by atoms with van der Waals surface area (Å²) in [6.45, 7) is 2.78. The van der Waals surface area contributed by atoms with Crippen LogP contribution in [0.5, 0.6) is 0 Å². The Kier molecular flexibility index (Phi) is 5.93. The van der Waals surface area contributed by atoms with Crippen LogP contribution in [0.15, 0.2) is 72.9 Å². The Hall–Kier alpha value is -3.81. The first-order valence-electron chi connectivity index (χ1n) is 9.93. The van der Waals surface area contributed by atoms with Crippen molar-refractivity contribution in [3.8, 4) is 5.69 Å². The van der Waals surface area contributed by atoms with Crippen LogP contribution in [0.1, 0.15) is 0 Å². The first kappa shape index (κ1) is 19.5. The van der Waals surface area contributed by atoms with E-state index in [1.54, 1.807) is 21.8 Å². The normalized spacial score (nSPS) is 13.7. The molecule has 2 heterocycles. The third-order valence-corrected chi connectivity index (χ3v) is 5.01. The van der Waals surface area contributed by atoms with Crippen molar-refractivity contribution in [3.63, 3.8) is 0 Å². The molecule has 30 heavy (non-hydrogen) atoms. The van der Waals surface area contributed by atoms with Crippen LogP contribution < -0.4 is 15.5 Å². The number of nitrogens with zero attached hydrogens (tertiary/aromatic N) is 4. The maximum atomic E-state index is 12.4. The van der Waals surface area contributed by atoms with Crippen LogP contribution in [0.4, 0.5) is 16.3 Å². The second kappa shape index (κ2) is 9.13. The molecular weight excluding hydrogens is 380 g/mol. The van der Waals surface area contributed by atoms with E-state index in [1.165, 1.54) is 0 Å². The lowest BCUT2D eigenvalue weighted by molar-refractivity contribution is -0.130. The van der Waals surface area contributed by atoms with Crippen LogP contribution in [0.25, 0.3) is 5.69 Å². The maximum Gasteiger partial charge on any atom is 0.320 e. The summed E-state index contributed by atoms with van der Waals surface area (Å²) in [7, 11) is 0. The zero-order valence-electron chi connectivity index (χ0n) is 16.6. The van der Waals surface area contributed by atoms with Gasteiger partial charge < -0.3 is 15.1 Å². The standard InChI is InChI=1S/C22H24N6O2/c29-21(27-15-13-26(14-16-27)18-7-3-1-4-8-18)17-23-22(30)24-20-11-12-28(25-20)19-9-5-2-6-10-19/h1-12H,13-17H2,(H2,23,24,25,30). The molecule has 8 heteroatoms. The number of benzene rings is 2. The second-order valence-electron chi connectivity index (χ2n) is 6.99. The minimum atomic E-state index is -0.454. The third-order valence-electron chi connectivity index (χ3n) is 5.01. The number of nitrogens with one attached hydrogen (secondary N) is 2. The van der Waals surface area contributed by atoms with Crippen molar-refractivity contribution in [1.29, 1.82) is 0 Å². The van der Waals surface area contributed by atoms with Gasteiger partial charge in [-0.3, -0.25) is 10.1 Å². The molecule has 1 saturated heterocycles. The number of urea groups is 1. The van der Waals surface area contributed by atoms with Gasteiger partial charge in [-0.2, -0.15) is 0 Å². The minimum absolute atomic E-state index is 0.0451.